The molecule has 0 aliphatic carbocycles. The second-order valence-electron chi connectivity index (χ2n) is 5.02. The maximum absolute atomic E-state index is 11.0. The molecule has 0 aliphatic rings. The number of carbonyl (C=O) groups is 1. The number of aromatic nitrogens is 2. The summed E-state index contributed by atoms with van der Waals surface area (Å²) in [6.45, 7) is 7.79. The van der Waals surface area contributed by atoms with Crippen molar-refractivity contribution in [2.24, 2.45) is 0 Å². The summed E-state index contributed by atoms with van der Waals surface area (Å²) in [4.78, 5) is 18.3. The molecule has 0 spiro atoms. The van der Waals surface area contributed by atoms with Gasteiger partial charge in [0.15, 0.2) is 0 Å². The van der Waals surface area contributed by atoms with E-state index in [0.717, 1.165) is 22.4 Å². The molecule has 0 radical (unpaired) electrons. The number of carboxylic acids is 1. The van der Waals surface area contributed by atoms with Crippen LogP contribution in [0.25, 0.3) is 11.3 Å². The lowest BCUT2D eigenvalue weighted by Gasteiger charge is -2.09. The number of hydrogen-bond donors (Lipinski definition) is 2. The minimum absolute atomic E-state index is 0.488. The number of nitrogens with zero attached hydrogens (tertiary/aromatic N) is 1. The van der Waals surface area contributed by atoms with Gasteiger partial charge in [0.05, 0.1) is 11.9 Å². The van der Waals surface area contributed by atoms with Gasteiger partial charge in [-0.25, -0.2) is 4.98 Å². The highest BCUT2D eigenvalue weighted by Crippen LogP contribution is 2.28. The Hall–Kier alpha value is -2.10. The fourth-order valence-corrected chi connectivity index (χ4v) is 2.41. The van der Waals surface area contributed by atoms with Crippen LogP contribution in [0.5, 0.6) is 0 Å². The lowest BCUT2D eigenvalue weighted by atomic mass is 9.98. The summed E-state index contributed by atoms with van der Waals surface area (Å²) in [5.41, 5.74) is 5.52. The molecule has 2 aromatic rings. The minimum Gasteiger partial charge on any atom is -0.481 e. The van der Waals surface area contributed by atoms with Crippen molar-refractivity contribution < 1.29 is 9.90 Å². The number of H-pyrrole nitrogens is 1. The van der Waals surface area contributed by atoms with E-state index < -0.39 is 11.9 Å². The summed E-state index contributed by atoms with van der Waals surface area (Å²) in [7, 11) is 0. The van der Waals surface area contributed by atoms with E-state index in [9.17, 15) is 4.79 Å². The number of aliphatic carboxylic acids is 1. The number of aryl methyl sites for hydroxylation is 3. The van der Waals surface area contributed by atoms with Gasteiger partial charge in [0.25, 0.3) is 0 Å². The Bertz CT molecular complexity index is 606. The summed E-state index contributed by atoms with van der Waals surface area (Å²) in [6, 6.07) is 4.23. The largest absolute Gasteiger partial charge is 0.481 e. The molecule has 0 saturated heterocycles. The molecule has 100 valence electrons. The second kappa shape index (κ2) is 4.88. The Morgan fingerprint density at radius 1 is 1.26 bits per heavy atom. The first kappa shape index (κ1) is 13.3. The molecule has 0 bridgehead atoms. The molecular weight excluding hydrogens is 240 g/mol. The summed E-state index contributed by atoms with van der Waals surface area (Å²) in [5.74, 6) is -1.01. The first-order chi connectivity index (χ1) is 8.90. The van der Waals surface area contributed by atoms with Gasteiger partial charge in [-0.15, -0.1) is 0 Å². The standard InChI is InChI=1S/C15H18N2O2/c1-8-5-9(2)13(10(3)6-8)12-7-16-14(17-12)11(4)15(18)19/h5-7,11H,1-4H3,(H,16,17)(H,18,19). The average Bonchev–Trinajstić information content (AvgIpc) is 2.75. The Morgan fingerprint density at radius 2 is 1.84 bits per heavy atom. The molecule has 1 aromatic carbocycles. The fraction of sp³-hybridized carbons (Fsp3) is 0.333. The first-order valence-electron chi connectivity index (χ1n) is 6.26. The summed E-state index contributed by atoms with van der Waals surface area (Å²) >= 11 is 0. The quantitative estimate of drug-likeness (QED) is 0.888. The number of rotatable bonds is 3. The lowest BCUT2D eigenvalue weighted by molar-refractivity contribution is -0.138. The van der Waals surface area contributed by atoms with Gasteiger partial charge in [-0.05, 0) is 38.8 Å². The Morgan fingerprint density at radius 3 is 2.37 bits per heavy atom. The zero-order chi connectivity index (χ0) is 14.2. The molecule has 1 unspecified atom stereocenters. The van der Waals surface area contributed by atoms with Gasteiger partial charge < -0.3 is 10.1 Å². The maximum Gasteiger partial charge on any atom is 0.313 e. The molecule has 1 aromatic heterocycles. The van der Waals surface area contributed by atoms with Gasteiger partial charge in [0, 0.05) is 5.56 Å². The Kier molecular flexibility index (Phi) is 3.42. The maximum atomic E-state index is 11.0. The van der Waals surface area contributed by atoms with Crippen molar-refractivity contribution in [3.8, 4) is 11.3 Å². The molecule has 1 atom stereocenters. The smallest absolute Gasteiger partial charge is 0.313 e. The minimum atomic E-state index is -0.877. The van der Waals surface area contributed by atoms with E-state index in [2.05, 4.69) is 42.9 Å². The highest BCUT2D eigenvalue weighted by molar-refractivity contribution is 5.75. The second-order valence-corrected chi connectivity index (χ2v) is 5.02. The van der Waals surface area contributed by atoms with Crippen molar-refractivity contribution in [3.63, 3.8) is 0 Å². The molecule has 1 heterocycles. The molecule has 0 aliphatic heterocycles. The molecule has 0 saturated carbocycles. The van der Waals surface area contributed by atoms with Crippen LogP contribution in [0.4, 0.5) is 0 Å². The van der Waals surface area contributed by atoms with Crippen molar-refractivity contribution >= 4 is 5.97 Å². The number of aromatic amines is 1. The fourth-order valence-electron chi connectivity index (χ4n) is 2.41. The number of hydrogen-bond acceptors (Lipinski definition) is 2. The van der Waals surface area contributed by atoms with E-state index >= 15 is 0 Å². The van der Waals surface area contributed by atoms with E-state index in [-0.39, 0.29) is 0 Å². The van der Waals surface area contributed by atoms with Crippen molar-refractivity contribution in [2.45, 2.75) is 33.6 Å². The van der Waals surface area contributed by atoms with Crippen molar-refractivity contribution in [1.82, 2.24) is 9.97 Å². The van der Waals surface area contributed by atoms with Gasteiger partial charge >= 0.3 is 5.97 Å². The molecule has 0 fully saturated rings. The molecular formula is C15H18N2O2. The highest BCUT2D eigenvalue weighted by Gasteiger charge is 2.18. The predicted molar refractivity (Wildman–Crippen MR) is 74.3 cm³/mol. The van der Waals surface area contributed by atoms with Gasteiger partial charge in [-0.3, -0.25) is 4.79 Å². The van der Waals surface area contributed by atoms with Crippen LogP contribution in [0, 0.1) is 20.8 Å². The number of benzene rings is 1. The van der Waals surface area contributed by atoms with Crippen LogP contribution in [0.1, 0.15) is 35.4 Å². The molecule has 0 amide bonds. The average molecular weight is 258 g/mol. The monoisotopic (exact) mass is 258 g/mol. The van der Waals surface area contributed by atoms with Crippen LogP contribution in [0.15, 0.2) is 18.3 Å². The van der Waals surface area contributed by atoms with E-state index in [1.165, 1.54) is 5.56 Å². The predicted octanol–water partition coefficient (Wildman–Crippen LogP) is 3.19. The van der Waals surface area contributed by atoms with Crippen molar-refractivity contribution in [2.75, 3.05) is 0 Å². The van der Waals surface area contributed by atoms with Crippen LogP contribution >= 0.6 is 0 Å². The number of carboxylic acid groups (broad SMARTS) is 1. The molecule has 4 heteroatoms. The molecule has 2 N–H and O–H groups in total. The van der Waals surface area contributed by atoms with Gasteiger partial charge in [-0.1, -0.05) is 17.7 Å². The summed E-state index contributed by atoms with van der Waals surface area (Å²) < 4.78 is 0. The zero-order valence-corrected chi connectivity index (χ0v) is 11.6. The first-order valence-corrected chi connectivity index (χ1v) is 6.26. The van der Waals surface area contributed by atoms with E-state index in [1.807, 2.05) is 0 Å². The summed E-state index contributed by atoms with van der Waals surface area (Å²) in [6.07, 6.45) is 1.71. The van der Waals surface area contributed by atoms with Crippen LogP contribution in [0.3, 0.4) is 0 Å². The van der Waals surface area contributed by atoms with Crippen molar-refractivity contribution in [3.05, 3.63) is 40.8 Å². The third kappa shape index (κ3) is 2.52. The Labute approximate surface area is 112 Å². The third-order valence-corrected chi connectivity index (χ3v) is 3.32. The SMILES string of the molecule is Cc1cc(C)c(-c2cnc(C(C)C(=O)O)[nH]2)c(C)c1. The zero-order valence-electron chi connectivity index (χ0n) is 11.6. The molecule has 2 rings (SSSR count). The molecule has 4 nitrogen and oxygen atoms in total. The highest BCUT2D eigenvalue weighted by atomic mass is 16.4. The topological polar surface area (TPSA) is 66.0 Å². The van der Waals surface area contributed by atoms with Crippen LogP contribution < -0.4 is 0 Å². The lowest BCUT2D eigenvalue weighted by Crippen LogP contribution is -2.08. The van der Waals surface area contributed by atoms with E-state index in [1.54, 1.807) is 13.1 Å². The van der Waals surface area contributed by atoms with Gasteiger partial charge in [0.2, 0.25) is 0 Å². The summed E-state index contributed by atoms with van der Waals surface area (Å²) in [5, 5.41) is 9.00. The van der Waals surface area contributed by atoms with Crippen molar-refractivity contribution in [1.29, 1.82) is 0 Å². The normalized spacial score (nSPS) is 12.4. The van der Waals surface area contributed by atoms with E-state index in [4.69, 9.17) is 5.11 Å². The van der Waals surface area contributed by atoms with Crippen LogP contribution in [-0.4, -0.2) is 21.0 Å². The van der Waals surface area contributed by atoms with Crippen LogP contribution in [0.2, 0.25) is 0 Å². The van der Waals surface area contributed by atoms with Crippen LogP contribution in [-0.2, 0) is 4.79 Å². The van der Waals surface area contributed by atoms with Gasteiger partial charge in [0.1, 0.15) is 11.7 Å². The van der Waals surface area contributed by atoms with Gasteiger partial charge in [-0.2, -0.15) is 0 Å². The Balaban J connectivity index is 2.47. The van der Waals surface area contributed by atoms with E-state index in [0.29, 0.717) is 5.82 Å². The number of imidazole rings is 1. The third-order valence-electron chi connectivity index (χ3n) is 3.32. The number of nitrogens with one attached hydrogen (secondary N) is 1. The molecule has 19 heavy (non-hydrogen) atoms.